The summed E-state index contributed by atoms with van der Waals surface area (Å²) in [6, 6.07) is 19.5. The molecule has 0 radical (unpaired) electrons. The molecule has 0 aliphatic carbocycles. The van der Waals surface area contributed by atoms with E-state index in [1.807, 2.05) is 50.3 Å². The summed E-state index contributed by atoms with van der Waals surface area (Å²) in [6.45, 7) is 2.01. The zero-order valence-electron chi connectivity index (χ0n) is 24.6. The summed E-state index contributed by atoms with van der Waals surface area (Å²) in [7, 11) is 9.11. The van der Waals surface area contributed by atoms with Crippen LogP contribution in [0.1, 0.15) is 16.8 Å². The number of carbonyl (C=O) groups is 2. The number of hydrogen-bond donors (Lipinski definition) is 3. The molecule has 0 saturated carbocycles. The van der Waals surface area contributed by atoms with E-state index in [0.717, 1.165) is 19.5 Å². The van der Waals surface area contributed by atoms with Crippen LogP contribution in [0, 0.1) is 0 Å². The number of rotatable bonds is 13. The number of anilines is 4. The van der Waals surface area contributed by atoms with E-state index in [1.165, 1.54) is 0 Å². The average Bonchev–Trinajstić information content (AvgIpc) is 2.97. The minimum absolute atomic E-state index is 0.152. The number of nitrogens with one attached hydrogen (secondary N) is 3. The minimum atomic E-state index is -0.400. The van der Waals surface area contributed by atoms with E-state index < -0.39 is 5.91 Å². The Morgan fingerprint density at radius 2 is 1.43 bits per heavy atom. The number of amides is 2. The minimum Gasteiger partial charge on any atom is -0.497 e. The SMILES string of the molecule is COc1cc(Nc2nc3ccccc3nc2NC(=O)c2cccc(NC(=O)CN(C)CCCN(C)C)c2)cc(OC)c1. The van der Waals surface area contributed by atoms with E-state index in [2.05, 4.69) is 25.8 Å². The Bertz CT molecular complexity index is 1520. The lowest BCUT2D eigenvalue weighted by molar-refractivity contribution is -0.117. The summed E-state index contributed by atoms with van der Waals surface area (Å²) >= 11 is 0. The van der Waals surface area contributed by atoms with Crippen LogP contribution in [-0.4, -0.2) is 86.6 Å². The number of aromatic nitrogens is 2. The highest BCUT2D eigenvalue weighted by atomic mass is 16.5. The van der Waals surface area contributed by atoms with Crippen LogP contribution in [0.15, 0.2) is 66.7 Å². The lowest BCUT2D eigenvalue weighted by Gasteiger charge is -2.18. The highest BCUT2D eigenvalue weighted by Gasteiger charge is 2.16. The van der Waals surface area contributed by atoms with Crippen LogP contribution in [-0.2, 0) is 4.79 Å². The third kappa shape index (κ3) is 8.38. The summed E-state index contributed by atoms with van der Waals surface area (Å²) < 4.78 is 10.8. The second kappa shape index (κ2) is 14.2. The van der Waals surface area contributed by atoms with Crippen molar-refractivity contribution in [3.63, 3.8) is 0 Å². The van der Waals surface area contributed by atoms with Crippen LogP contribution in [0.3, 0.4) is 0 Å². The van der Waals surface area contributed by atoms with Gasteiger partial charge in [0.2, 0.25) is 5.91 Å². The molecule has 42 heavy (non-hydrogen) atoms. The van der Waals surface area contributed by atoms with E-state index in [-0.39, 0.29) is 18.3 Å². The fourth-order valence-electron chi connectivity index (χ4n) is 4.29. The molecule has 0 saturated heterocycles. The van der Waals surface area contributed by atoms with Gasteiger partial charge in [-0.15, -0.1) is 0 Å². The normalized spacial score (nSPS) is 11.0. The molecule has 0 unspecified atom stereocenters. The van der Waals surface area contributed by atoms with Gasteiger partial charge < -0.3 is 30.3 Å². The van der Waals surface area contributed by atoms with Crippen molar-refractivity contribution in [2.24, 2.45) is 0 Å². The van der Waals surface area contributed by atoms with Gasteiger partial charge in [-0.25, -0.2) is 9.97 Å². The summed E-state index contributed by atoms with van der Waals surface area (Å²) in [5.74, 6) is 1.22. The van der Waals surface area contributed by atoms with E-state index in [9.17, 15) is 9.59 Å². The van der Waals surface area contributed by atoms with Crippen molar-refractivity contribution in [2.45, 2.75) is 6.42 Å². The smallest absolute Gasteiger partial charge is 0.256 e. The maximum absolute atomic E-state index is 13.4. The summed E-state index contributed by atoms with van der Waals surface area (Å²) in [4.78, 5) is 39.4. The van der Waals surface area contributed by atoms with Gasteiger partial charge in [-0.3, -0.25) is 14.5 Å². The fraction of sp³-hybridized carbons (Fsp3) is 0.290. The van der Waals surface area contributed by atoms with Gasteiger partial charge in [-0.2, -0.15) is 0 Å². The van der Waals surface area contributed by atoms with E-state index in [0.29, 0.717) is 45.3 Å². The van der Waals surface area contributed by atoms with Crippen LogP contribution in [0.2, 0.25) is 0 Å². The maximum Gasteiger partial charge on any atom is 0.256 e. The van der Waals surface area contributed by atoms with Gasteiger partial charge in [0.25, 0.3) is 5.91 Å². The van der Waals surface area contributed by atoms with Crippen molar-refractivity contribution < 1.29 is 19.1 Å². The predicted molar refractivity (Wildman–Crippen MR) is 166 cm³/mol. The highest BCUT2D eigenvalue weighted by molar-refractivity contribution is 6.06. The molecule has 3 N–H and O–H groups in total. The van der Waals surface area contributed by atoms with E-state index in [4.69, 9.17) is 14.5 Å². The number of carbonyl (C=O) groups excluding carboxylic acids is 2. The Balaban J connectivity index is 1.51. The molecule has 1 aromatic heterocycles. The Morgan fingerprint density at radius 3 is 2.07 bits per heavy atom. The van der Waals surface area contributed by atoms with Crippen LogP contribution in [0.4, 0.5) is 23.0 Å². The Hall–Kier alpha value is -4.74. The van der Waals surface area contributed by atoms with Gasteiger partial charge in [-0.1, -0.05) is 18.2 Å². The Morgan fingerprint density at radius 1 is 0.762 bits per heavy atom. The van der Waals surface area contributed by atoms with Crippen LogP contribution in [0.25, 0.3) is 11.0 Å². The number of nitrogens with zero attached hydrogens (tertiary/aromatic N) is 4. The summed E-state index contributed by atoms with van der Waals surface area (Å²) in [5, 5.41) is 9.00. The first-order chi connectivity index (χ1) is 20.2. The zero-order chi connectivity index (χ0) is 30.1. The fourth-order valence-corrected chi connectivity index (χ4v) is 4.29. The van der Waals surface area contributed by atoms with Gasteiger partial charge in [-0.05, 0) is 71.0 Å². The number of ether oxygens (including phenoxy) is 2. The topological polar surface area (TPSA) is 121 Å². The highest BCUT2D eigenvalue weighted by Crippen LogP contribution is 2.30. The molecule has 3 aromatic carbocycles. The molecule has 0 atom stereocenters. The number of fused-ring (bicyclic) bond motifs is 1. The average molecular weight is 572 g/mol. The first-order valence-corrected chi connectivity index (χ1v) is 13.6. The molecule has 4 aromatic rings. The molecular weight excluding hydrogens is 534 g/mol. The predicted octanol–water partition coefficient (Wildman–Crippen LogP) is 4.46. The van der Waals surface area contributed by atoms with E-state index in [1.54, 1.807) is 56.7 Å². The van der Waals surface area contributed by atoms with Crippen molar-refractivity contribution in [1.82, 2.24) is 19.8 Å². The molecule has 0 aliphatic heterocycles. The largest absolute Gasteiger partial charge is 0.497 e. The van der Waals surface area contributed by atoms with Gasteiger partial charge in [0, 0.05) is 35.1 Å². The van der Waals surface area contributed by atoms with Crippen LogP contribution < -0.4 is 25.4 Å². The molecule has 11 heteroatoms. The second-order valence-corrected chi connectivity index (χ2v) is 10.1. The number of hydrogen-bond acceptors (Lipinski definition) is 9. The second-order valence-electron chi connectivity index (χ2n) is 10.1. The Labute approximate surface area is 245 Å². The molecular formula is C31H37N7O4. The van der Waals surface area contributed by atoms with Gasteiger partial charge in [0.05, 0.1) is 31.8 Å². The molecule has 220 valence electrons. The van der Waals surface area contributed by atoms with Crippen molar-refractivity contribution in [1.29, 1.82) is 0 Å². The van der Waals surface area contributed by atoms with Crippen molar-refractivity contribution in [3.05, 3.63) is 72.3 Å². The van der Waals surface area contributed by atoms with Gasteiger partial charge >= 0.3 is 0 Å². The Kier molecular flexibility index (Phi) is 10.2. The molecule has 1 heterocycles. The number of para-hydroxylation sites is 2. The summed E-state index contributed by atoms with van der Waals surface area (Å²) in [5.41, 5.74) is 2.81. The molecule has 0 fully saturated rings. The van der Waals surface area contributed by atoms with Crippen molar-refractivity contribution in [2.75, 3.05) is 70.9 Å². The quantitative estimate of drug-likeness (QED) is 0.214. The molecule has 11 nitrogen and oxygen atoms in total. The summed E-state index contributed by atoms with van der Waals surface area (Å²) in [6.07, 6.45) is 0.965. The first kappa shape index (κ1) is 30.2. The number of benzene rings is 3. The van der Waals surface area contributed by atoms with Gasteiger partial charge in [0.1, 0.15) is 11.5 Å². The van der Waals surface area contributed by atoms with E-state index >= 15 is 0 Å². The number of likely N-dealkylation sites (N-methyl/N-ethyl adjacent to an activating group) is 1. The standard InChI is InChI=1S/C31H37N7O4/c1-37(2)14-9-15-38(3)20-28(39)32-22-11-8-10-21(16-22)31(40)36-30-29(34-26-12-6-7-13-27(26)35-30)33-23-17-24(41-4)19-25(18-23)42-5/h6-8,10-13,16-19H,9,14-15,20H2,1-5H3,(H,32,39)(H,33,34)(H,35,36,40). The van der Waals surface area contributed by atoms with Crippen molar-refractivity contribution >= 4 is 45.9 Å². The van der Waals surface area contributed by atoms with Gasteiger partial charge in [0.15, 0.2) is 11.6 Å². The molecule has 0 bridgehead atoms. The van der Waals surface area contributed by atoms with Crippen LogP contribution in [0.5, 0.6) is 11.5 Å². The third-order valence-corrected chi connectivity index (χ3v) is 6.38. The lowest BCUT2D eigenvalue weighted by atomic mass is 10.2. The monoisotopic (exact) mass is 571 g/mol. The van der Waals surface area contributed by atoms with Crippen LogP contribution >= 0.6 is 0 Å². The first-order valence-electron chi connectivity index (χ1n) is 13.6. The number of methoxy groups -OCH3 is 2. The third-order valence-electron chi connectivity index (χ3n) is 6.38. The molecule has 2 amide bonds. The molecule has 0 aliphatic rings. The lowest BCUT2D eigenvalue weighted by Crippen LogP contribution is -2.32. The zero-order valence-corrected chi connectivity index (χ0v) is 24.6. The maximum atomic E-state index is 13.4. The molecule has 0 spiro atoms. The van der Waals surface area contributed by atoms with Crippen molar-refractivity contribution in [3.8, 4) is 11.5 Å². The molecule has 4 rings (SSSR count).